The van der Waals surface area contributed by atoms with Gasteiger partial charge in [0, 0.05) is 25.6 Å². The molecule has 0 radical (unpaired) electrons. The van der Waals surface area contributed by atoms with E-state index in [1.807, 2.05) is 0 Å². The molecule has 2 heterocycles. The standard InChI is InChI=1S/C11H20N4/c1-3-4-5-6-15-9(2)13-14-11(15)10-7-12-8-10/h10,12H,3-8H2,1-2H3. The molecule has 0 aromatic carbocycles. The topological polar surface area (TPSA) is 42.7 Å². The van der Waals surface area contributed by atoms with Crippen LogP contribution >= 0.6 is 0 Å². The highest BCUT2D eigenvalue weighted by molar-refractivity contribution is 5.06. The molecule has 0 atom stereocenters. The fourth-order valence-electron chi connectivity index (χ4n) is 1.97. The molecule has 1 saturated heterocycles. The van der Waals surface area contributed by atoms with E-state index in [1.165, 1.54) is 25.1 Å². The van der Waals surface area contributed by atoms with E-state index in [4.69, 9.17) is 0 Å². The van der Waals surface area contributed by atoms with Gasteiger partial charge in [-0.05, 0) is 13.3 Å². The second-order valence-corrected chi connectivity index (χ2v) is 4.32. The van der Waals surface area contributed by atoms with Crippen LogP contribution in [0.5, 0.6) is 0 Å². The van der Waals surface area contributed by atoms with Crippen LogP contribution in [0.15, 0.2) is 0 Å². The molecule has 15 heavy (non-hydrogen) atoms. The van der Waals surface area contributed by atoms with Crippen molar-refractivity contribution in [2.75, 3.05) is 13.1 Å². The van der Waals surface area contributed by atoms with Crippen LogP contribution in [0.3, 0.4) is 0 Å². The van der Waals surface area contributed by atoms with E-state index >= 15 is 0 Å². The van der Waals surface area contributed by atoms with E-state index in [-0.39, 0.29) is 0 Å². The van der Waals surface area contributed by atoms with Gasteiger partial charge in [0.25, 0.3) is 0 Å². The maximum absolute atomic E-state index is 4.29. The van der Waals surface area contributed by atoms with Gasteiger partial charge in [-0.1, -0.05) is 19.8 Å². The summed E-state index contributed by atoms with van der Waals surface area (Å²) in [4.78, 5) is 0. The van der Waals surface area contributed by atoms with E-state index in [0.29, 0.717) is 5.92 Å². The van der Waals surface area contributed by atoms with Crippen LogP contribution in [0.1, 0.15) is 43.8 Å². The molecule has 1 N–H and O–H groups in total. The minimum absolute atomic E-state index is 0.591. The molecule has 0 amide bonds. The summed E-state index contributed by atoms with van der Waals surface area (Å²) in [5.74, 6) is 2.84. The first kappa shape index (κ1) is 10.6. The summed E-state index contributed by atoms with van der Waals surface area (Å²) in [6, 6.07) is 0. The second kappa shape index (κ2) is 4.75. The van der Waals surface area contributed by atoms with Crippen molar-refractivity contribution < 1.29 is 0 Å². The third-order valence-corrected chi connectivity index (χ3v) is 3.10. The molecule has 1 fully saturated rings. The second-order valence-electron chi connectivity index (χ2n) is 4.32. The van der Waals surface area contributed by atoms with Crippen molar-refractivity contribution in [3.8, 4) is 0 Å². The number of aromatic nitrogens is 3. The van der Waals surface area contributed by atoms with E-state index in [2.05, 4.69) is 33.9 Å². The van der Waals surface area contributed by atoms with Gasteiger partial charge in [-0.15, -0.1) is 10.2 Å². The van der Waals surface area contributed by atoms with Crippen LogP contribution in [0.2, 0.25) is 0 Å². The quantitative estimate of drug-likeness (QED) is 0.745. The average molecular weight is 208 g/mol. The molecule has 0 aliphatic carbocycles. The highest BCUT2D eigenvalue weighted by Crippen LogP contribution is 2.19. The van der Waals surface area contributed by atoms with Gasteiger partial charge in [0.05, 0.1) is 0 Å². The fourth-order valence-corrected chi connectivity index (χ4v) is 1.97. The highest BCUT2D eigenvalue weighted by Gasteiger charge is 2.24. The Morgan fingerprint density at radius 1 is 1.33 bits per heavy atom. The minimum Gasteiger partial charge on any atom is -0.315 e. The zero-order valence-corrected chi connectivity index (χ0v) is 9.66. The molecule has 1 aliphatic rings. The van der Waals surface area contributed by atoms with Gasteiger partial charge >= 0.3 is 0 Å². The summed E-state index contributed by atoms with van der Waals surface area (Å²) < 4.78 is 2.29. The van der Waals surface area contributed by atoms with Gasteiger partial charge in [-0.2, -0.15) is 0 Å². The Kier molecular flexibility index (Phi) is 3.36. The lowest BCUT2D eigenvalue weighted by molar-refractivity contribution is 0.408. The monoisotopic (exact) mass is 208 g/mol. The lowest BCUT2D eigenvalue weighted by atomic mass is 10.0. The van der Waals surface area contributed by atoms with Gasteiger partial charge in [0.2, 0.25) is 0 Å². The largest absolute Gasteiger partial charge is 0.315 e. The number of hydrogen-bond acceptors (Lipinski definition) is 3. The van der Waals surface area contributed by atoms with Crippen molar-refractivity contribution in [3.05, 3.63) is 11.6 Å². The van der Waals surface area contributed by atoms with Gasteiger partial charge in [-0.25, -0.2) is 0 Å². The number of nitrogens with zero attached hydrogens (tertiary/aromatic N) is 3. The fraction of sp³-hybridized carbons (Fsp3) is 0.818. The average Bonchev–Trinajstić information content (AvgIpc) is 2.47. The maximum Gasteiger partial charge on any atom is 0.138 e. The van der Waals surface area contributed by atoms with Crippen LogP contribution < -0.4 is 5.32 Å². The molecule has 0 bridgehead atoms. The van der Waals surface area contributed by atoms with Crippen molar-refractivity contribution in [2.24, 2.45) is 0 Å². The van der Waals surface area contributed by atoms with Crippen molar-refractivity contribution in [2.45, 2.75) is 45.6 Å². The summed E-state index contributed by atoms with van der Waals surface area (Å²) in [5, 5.41) is 11.8. The normalized spacial score (nSPS) is 16.7. The first-order valence-corrected chi connectivity index (χ1v) is 5.93. The summed E-state index contributed by atoms with van der Waals surface area (Å²) >= 11 is 0. The molecule has 1 aromatic rings. The number of unbranched alkanes of at least 4 members (excludes halogenated alkanes) is 2. The Hall–Kier alpha value is -0.900. The van der Waals surface area contributed by atoms with Gasteiger partial charge in [-0.3, -0.25) is 0 Å². The zero-order valence-electron chi connectivity index (χ0n) is 9.66. The minimum atomic E-state index is 0.591. The Morgan fingerprint density at radius 2 is 2.13 bits per heavy atom. The zero-order chi connectivity index (χ0) is 10.7. The van der Waals surface area contributed by atoms with E-state index < -0.39 is 0 Å². The van der Waals surface area contributed by atoms with E-state index in [0.717, 1.165) is 25.5 Å². The van der Waals surface area contributed by atoms with Gasteiger partial charge < -0.3 is 9.88 Å². The van der Waals surface area contributed by atoms with Crippen molar-refractivity contribution in [1.29, 1.82) is 0 Å². The first-order chi connectivity index (χ1) is 7.33. The van der Waals surface area contributed by atoms with E-state index in [9.17, 15) is 0 Å². The predicted molar refractivity (Wildman–Crippen MR) is 59.9 cm³/mol. The Labute approximate surface area is 91.1 Å². The molecular weight excluding hydrogens is 188 g/mol. The molecule has 1 aromatic heterocycles. The summed E-state index contributed by atoms with van der Waals surface area (Å²) in [5.41, 5.74) is 0. The van der Waals surface area contributed by atoms with Crippen LogP contribution in [0, 0.1) is 6.92 Å². The third-order valence-electron chi connectivity index (χ3n) is 3.10. The highest BCUT2D eigenvalue weighted by atomic mass is 15.3. The number of nitrogens with one attached hydrogen (secondary N) is 1. The van der Waals surface area contributed by atoms with E-state index in [1.54, 1.807) is 0 Å². The molecule has 4 nitrogen and oxygen atoms in total. The van der Waals surface area contributed by atoms with Gasteiger partial charge in [0.1, 0.15) is 11.6 Å². The summed E-state index contributed by atoms with van der Waals surface area (Å²) in [7, 11) is 0. The summed E-state index contributed by atoms with van der Waals surface area (Å²) in [6.07, 6.45) is 3.80. The molecule has 0 saturated carbocycles. The SMILES string of the molecule is CCCCCn1c(C)nnc1C1CNC1. The number of hydrogen-bond donors (Lipinski definition) is 1. The molecule has 84 valence electrons. The molecule has 0 unspecified atom stereocenters. The Morgan fingerprint density at radius 3 is 2.73 bits per heavy atom. The van der Waals surface area contributed by atoms with Crippen LogP contribution in [-0.2, 0) is 6.54 Å². The Bertz CT molecular complexity index is 314. The molecular formula is C11H20N4. The van der Waals surface area contributed by atoms with Crippen LogP contribution in [0.25, 0.3) is 0 Å². The number of aryl methyl sites for hydroxylation is 1. The third kappa shape index (κ3) is 2.20. The number of rotatable bonds is 5. The lowest BCUT2D eigenvalue weighted by Crippen LogP contribution is -2.41. The van der Waals surface area contributed by atoms with Crippen molar-refractivity contribution >= 4 is 0 Å². The lowest BCUT2D eigenvalue weighted by Gasteiger charge is -2.26. The predicted octanol–water partition coefficient (Wildman–Crippen LogP) is 1.46. The van der Waals surface area contributed by atoms with Gasteiger partial charge in [0.15, 0.2) is 0 Å². The molecule has 0 spiro atoms. The first-order valence-electron chi connectivity index (χ1n) is 5.93. The molecule has 4 heteroatoms. The van der Waals surface area contributed by atoms with Crippen molar-refractivity contribution in [1.82, 2.24) is 20.1 Å². The summed E-state index contributed by atoms with van der Waals surface area (Å²) in [6.45, 7) is 7.49. The van der Waals surface area contributed by atoms with Crippen LogP contribution in [0.4, 0.5) is 0 Å². The molecule has 2 rings (SSSR count). The van der Waals surface area contributed by atoms with Crippen LogP contribution in [-0.4, -0.2) is 27.9 Å². The van der Waals surface area contributed by atoms with Crippen molar-refractivity contribution in [3.63, 3.8) is 0 Å². The smallest absolute Gasteiger partial charge is 0.138 e. The molecule has 1 aliphatic heterocycles. The maximum atomic E-state index is 4.29. The Balaban J connectivity index is 2.02.